The van der Waals surface area contributed by atoms with E-state index in [-0.39, 0.29) is 11.8 Å². The van der Waals surface area contributed by atoms with Crippen molar-refractivity contribution in [1.29, 1.82) is 0 Å². The van der Waals surface area contributed by atoms with Gasteiger partial charge in [-0.1, -0.05) is 25.3 Å². The molecule has 2 nitrogen and oxygen atoms in total. The molecule has 0 aromatic carbocycles. The van der Waals surface area contributed by atoms with Gasteiger partial charge in [0.05, 0.1) is 5.92 Å². The molecule has 2 atom stereocenters. The molecule has 1 rings (SSSR count). The average Bonchev–Trinajstić information content (AvgIpc) is 2.27. The van der Waals surface area contributed by atoms with E-state index in [4.69, 9.17) is 5.11 Å². The molecule has 0 aromatic rings. The highest BCUT2D eigenvalue weighted by molar-refractivity contribution is 5.70. The Morgan fingerprint density at radius 1 is 1.33 bits per heavy atom. The van der Waals surface area contributed by atoms with Crippen LogP contribution in [-0.4, -0.2) is 11.1 Å². The lowest BCUT2D eigenvalue weighted by Crippen LogP contribution is -2.20. The molecule has 1 aliphatic carbocycles. The summed E-state index contributed by atoms with van der Waals surface area (Å²) in [4.78, 5) is 10.8. The Hall–Kier alpha value is -0.790. The molecule has 1 N–H and O–H groups in total. The second-order valence-electron chi connectivity index (χ2n) is 3.48. The Morgan fingerprint density at radius 2 is 2.00 bits per heavy atom. The summed E-state index contributed by atoms with van der Waals surface area (Å²) in [5.41, 5.74) is 0. The SMILES string of the molecule is C=CC1CCCCCC1C(=O)O. The first-order valence-corrected chi connectivity index (χ1v) is 4.61. The van der Waals surface area contributed by atoms with Crippen LogP contribution in [-0.2, 0) is 4.79 Å². The van der Waals surface area contributed by atoms with Crippen molar-refractivity contribution in [3.05, 3.63) is 12.7 Å². The Kier molecular flexibility index (Phi) is 3.32. The van der Waals surface area contributed by atoms with Crippen LogP contribution in [0.1, 0.15) is 32.1 Å². The van der Waals surface area contributed by atoms with Gasteiger partial charge in [-0.05, 0) is 18.8 Å². The van der Waals surface area contributed by atoms with Crippen molar-refractivity contribution >= 4 is 5.97 Å². The highest BCUT2D eigenvalue weighted by Crippen LogP contribution is 2.29. The Labute approximate surface area is 73.3 Å². The molecule has 1 saturated carbocycles. The number of hydrogen-bond acceptors (Lipinski definition) is 1. The molecule has 1 fully saturated rings. The fraction of sp³-hybridized carbons (Fsp3) is 0.700. The minimum Gasteiger partial charge on any atom is -0.481 e. The molecule has 68 valence electrons. The number of allylic oxidation sites excluding steroid dienone is 1. The molecule has 0 radical (unpaired) electrons. The minimum atomic E-state index is -0.651. The van der Waals surface area contributed by atoms with E-state index in [2.05, 4.69) is 6.58 Å². The molecule has 0 aliphatic heterocycles. The highest BCUT2D eigenvalue weighted by Gasteiger charge is 2.26. The van der Waals surface area contributed by atoms with Gasteiger partial charge in [0, 0.05) is 0 Å². The molecule has 0 spiro atoms. The van der Waals surface area contributed by atoms with Crippen molar-refractivity contribution in [1.82, 2.24) is 0 Å². The summed E-state index contributed by atoms with van der Waals surface area (Å²) in [6, 6.07) is 0. The van der Waals surface area contributed by atoms with Crippen LogP contribution in [0.4, 0.5) is 0 Å². The zero-order chi connectivity index (χ0) is 8.97. The van der Waals surface area contributed by atoms with Gasteiger partial charge in [-0.15, -0.1) is 6.58 Å². The summed E-state index contributed by atoms with van der Waals surface area (Å²) in [7, 11) is 0. The van der Waals surface area contributed by atoms with Gasteiger partial charge in [0.1, 0.15) is 0 Å². The van der Waals surface area contributed by atoms with Crippen LogP contribution in [0.15, 0.2) is 12.7 Å². The molecule has 1 aliphatic rings. The van der Waals surface area contributed by atoms with Gasteiger partial charge >= 0.3 is 5.97 Å². The van der Waals surface area contributed by atoms with E-state index in [9.17, 15) is 4.79 Å². The molecular weight excluding hydrogens is 152 g/mol. The number of carboxylic acids is 1. The van der Waals surface area contributed by atoms with E-state index < -0.39 is 5.97 Å². The molecule has 0 aromatic heterocycles. The fourth-order valence-electron chi connectivity index (χ4n) is 1.93. The summed E-state index contributed by atoms with van der Waals surface area (Å²) in [6.07, 6.45) is 7.02. The van der Waals surface area contributed by atoms with Gasteiger partial charge in [0.25, 0.3) is 0 Å². The van der Waals surface area contributed by atoms with Crippen LogP contribution < -0.4 is 0 Å². The summed E-state index contributed by atoms with van der Waals surface area (Å²) in [5, 5.41) is 8.92. The monoisotopic (exact) mass is 168 g/mol. The Balaban J connectivity index is 2.63. The van der Waals surface area contributed by atoms with Crippen LogP contribution in [0.3, 0.4) is 0 Å². The molecule has 0 saturated heterocycles. The van der Waals surface area contributed by atoms with E-state index in [1.165, 1.54) is 6.42 Å². The smallest absolute Gasteiger partial charge is 0.307 e. The lowest BCUT2D eigenvalue weighted by atomic mass is 9.88. The maximum absolute atomic E-state index is 10.8. The van der Waals surface area contributed by atoms with Crippen molar-refractivity contribution in [2.75, 3.05) is 0 Å². The number of aliphatic carboxylic acids is 1. The topological polar surface area (TPSA) is 37.3 Å². The third-order valence-electron chi connectivity index (χ3n) is 2.69. The zero-order valence-electron chi connectivity index (χ0n) is 7.33. The number of carbonyl (C=O) groups is 1. The van der Waals surface area contributed by atoms with E-state index >= 15 is 0 Å². The van der Waals surface area contributed by atoms with Crippen molar-refractivity contribution in [2.24, 2.45) is 11.8 Å². The van der Waals surface area contributed by atoms with Crippen molar-refractivity contribution < 1.29 is 9.90 Å². The quantitative estimate of drug-likeness (QED) is 0.508. The van der Waals surface area contributed by atoms with Gasteiger partial charge in [-0.25, -0.2) is 0 Å². The highest BCUT2D eigenvalue weighted by atomic mass is 16.4. The van der Waals surface area contributed by atoms with Crippen LogP contribution >= 0.6 is 0 Å². The van der Waals surface area contributed by atoms with Gasteiger partial charge in [-0.2, -0.15) is 0 Å². The van der Waals surface area contributed by atoms with Crippen molar-refractivity contribution in [2.45, 2.75) is 32.1 Å². The maximum atomic E-state index is 10.8. The first kappa shape index (κ1) is 9.30. The van der Waals surface area contributed by atoms with E-state index in [1.54, 1.807) is 0 Å². The first-order valence-electron chi connectivity index (χ1n) is 4.61. The van der Waals surface area contributed by atoms with Crippen molar-refractivity contribution in [3.8, 4) is 0 Å². The first-order chi connectivity index (χ1) is 5.75. The fourth-order valence-corrected chi connectivity index (χ4v) is 1.93. The maximum Gasteiger partial charge on any atom is 0.307 e. The Morgan fingerprint density at radius 3 is 2.58 bits per heavy atom. The normalized spacial score (nSPS) is 30.7. The summed E-state index contributed by atoms with van der Waals surface area (Å²) in [6.45, 7) is 3.70. The third-order valence-corrected chi connectivity index (χ3v) is 2.69. The molecular formula is C10H16O2. The second kappa shape index (κ2) is 4.29. The van der Waals surface area contributed by atoms with Crippen molar-refractivity contribution in [3.63, 3.8) is 0 Å². The molecule has 0 heterocycles. The average molecular weight is 168 g/mol. The summed E-state index contributed by atoms with van der Waals surface area (Å²) < 4.78 is 0. The number of carboxylic acid groups (broad SMARTS) is 1. The lowest BCUT2D eigenvalue weighted by molar-refractivity contribution is -0.143. The van der Waals surface area contributed by atoms with Crippen LogP contribution in [0, 0.1) is 11.8 Å². The number of rotatable bonds is 2. The largest absolute Gasteiger partial charge is 0.481 e. The third kappa shape index (κ3) is 2.10. The minimum absolute atomic E-state index is 0.176. The van der Waals surface area contributed by atoms with E-state index in [0.29, 0.717) is 0 Å². The van der Waals surface area contributed by atoms with Crippen LogP contribution in [0.5, 0.6) is 0 Å². The van der Waals surface area contributed by atoms with Crippen LogP contribution in [0.25, 0.3) is 0 Å². The predicted molar refractivity (Wildman–Crippen MR) is 47.9 cm³/mol. The second-order valence-corrected chi connectivity index (χ2v) is 3.48. The Bertz CT molecular complexity index is 175. The molecule has 2 unspecified atom stereocenters. The number of hydrogen-bond donors (Lipinski definition) is 1. The standard InChI is InChI=1S/C10H16O2/c1-2-8-6-4-3-5-7-9(8)10(11)12/h2,8-9H,1,3-7H2,(H,11,12). The molecule has 0 bridgehead atoms. The van der Waals surface area contributed by atoms with Gasteiger partial charge < -0.3 is 5.11 Å². The van der Waals surface area contributed by atoms with Gasteiger partial charge in [0.15, 0.2) is 0 Å². The van der Waals surface area contributed by atoms with Crippen LogP contribution in [0.2, 0.25) is 0 Å². The molecule has 2 heteroatoms. The van der Waals surface area contributed by atoms with E-state index in [1.807, 2.05) is 6.08 Å². The predicted octanol–water partition coefficient (Wildman–Crippen LogP) is 2.45. The summed E-state index contributed by atoms with van der Waals surface area (Å²) in [5.74, 6) is -0.628. The zero-order valence-corrected chi connectivity index (χ0v) is 7.33. The van der Waals surface area contributed by atoms with Gasteiger partial charge in [0.2, 0.25) is 0 Å². The van der Waals surface area contributed by atoms with E-state index in [0.717, 1.165) is 25.7 Å². The molecule has 12 heavy (non-hydrogen) atoms. The summed E-state index contributed by atoms with van der Waals surface area (Å²) >= 11 is 0. The lowest BCUT2D eigenvalue weighted by Gasteiger charge is -2.16. The van der Waals surface area contributed by atoms with Gasteiger partial charge in [-0.3, -0.25) is 4.79 Å². The molecule has 0 amide bonds.